The molecule has 5 heteroatoms. The third-order valence-corrected chi connectivity index (χ3v) is 5.30. The molecule has 1 aromatic rings. The van der Waals surface area contributed by atoms with E-state index in [1.165, 1.54) is 25.3 Å². The molecule has 1 amide bonds. The van der Waals surface area contributed by atoms with Crippen LogP contribution in [0.3, 0.4) is 0 Å². The maximum atomic E-state index is 14.3. The minimum Gasteiger partial charge on any atom is -0.459 e. The molecule has 0 unspecified atom stereocenters. The number of rotatable bonds is 3. The molecule has 3 rings (SSSR count). The first-order valence-electron chi connectivity index (χ1n) is 9.52. The molecule has 0 aromatic heterocycles. The van der Waals surface area contributed by atoms with Gasteiger partial charge >= 0.3 is 5.97 Å². The van der Waals surface area contributed by atoms with Gasteiger partial charge in [0.25, 0.3) is 0 Å². The fourth-order valence-corrected chi connectivity index (χ4v) is 3.95. The van der Waals surface area contributed by atoms with Crippen LogP contribution in [0.25, 0.3) is 0 Å². The zero-order valence-corrected chi connectivity index (χ0v) is 15.2. The van der Waals surface area contributed by atoms with E-state index < -0.39 is 17.7 Å². The number of halogens is 1. The molecule has 1 saturated carbocycles. The van der Waals surface area contributed by atoms with Crippen LogP contribution < -0.4 is 5.32 Å². The van der Waals surface area contributed by atoms with Crippen molar-refractivity contribution in [3.8, 4) is 0 Å². The lowest BCUT2D eigenvalue weighted by Gasteiger charge is -2.28. The topological polar surface area (TPSA) is 55.4 Å². The van der Waals surface area contributed by atoms with Crippen LogP contribution in [0, 0.1) is 5.82 Å². The second kappa shape index (κ2) is 8.47. The summed E-state index contributed by atoms with van der Waals surface area (Å²) in [5, 5.41) is 2.71. The number of carbonyl (C=O) groups excluding carboxylic acids is 2. The van der Waals surface area contributed by atoms with E-state index in [9.17, 15) is 14.0 Å². The Labute approximate surface area is 153 Å². The van der Waals surface area contributed by atoms with Crippen molar-refractivity contribution >= 4 is 11.9 Å². The molecule has 1 atom stereocenters. The Hall–Kier alpha value is -2.17. The van der Waals surface area contributed by atoms with Crippen molar-refractivity contribution in [2.75, 3.05) is 0 Å². The maximum absolute atomic E-state index is 14.3. The fraction of sp³-hybridized carbons (Fsp3) is 0.524. The van der Waals surface area contributed by atoms with Gasteiger partial charge in [0.1, 0.15) is 11.9 Å². The van der Waals surface area contributed by atoms with Crippen LogP contribution in [0.5, 0.6) is 0 Å². The van der Waals surface area contributed by atoms with Gasteiger partial charge in [-0.3, -0.25) is 4.79 Å². The monoisotopic (exact) mass is 359 g/mol. The predicted molar refractivity (Wildman–Crippen MR) is 96.8 cm³/mol. The zero-order chi connectivity index (χ0) is 18.5. The lowest BCUT2D eigenvalue weighted by Crippen LogP contribution is -2.35. The Kier molecular flexibility index (Phi) is 6.07. The number of benzene rings is 1. The SMILES string of the molecule is CC1=C(C(=O)OC2CCCCCCC2)[C@@H](c2ccccc2F)CC(=O)N1. The lowest BCUT2D eigenvalue weighted by molar-refractivity contribution is -0.145. The Balaban J connectivity index is 1.83. The molecule has 1 aliphatic carbocycles. The molecular formula is C21H26FNO3. The summed E-state index contributed by atoms with van der Waals surface area (Å²) in [6, 6.07) is 6.31. The zero-order valence-electron chi connectivity index (χ0n) is 15.2. The van der Waals surface area contributed by atoms with Crippen LogP contribution in [-0.2, 0) is 14.3 Å². The summed E-state index contributed by atoms with van der Waals surface area (Å²) in [5.41, 5.74) is 1.20. The van der Waals surface area contributed by atoms with Crippen molar-refractivity contribution in [1.82, 2.24) is 5.32 Å². The largest absolute Gasteiger partial charge is 0.459 e. The smallest absolute Gasteiger partial charge is 0.336 e. The van der Waals surface area contributed by atoms with E-state index in [4.69, 9.17) is 4.74 Å². The number of allylic oxidation sites excluding steroid dienone is 1. The predicted octanol–water partition coefficient (Wildman–Crippen LogP) is 4.36. The van der Waals surface area contributed by atoms with E-state index >= 15 is 0 Å². The minimum atomic E-state index is -0.606. The molecule has 140 valence electrons. The van der Waals surface area contributed by atoms with Crippen LogP contribution in [0.15, 0.2) is 35.5 Å². The van der Waals surface area contributed by atoms with Crippen molar-refractivity contribution in [2.24, 2.45) is 0 Å². The van der Waals surface area contributed by atoms with Gasteiger partial charge in [-0.1, -0.05) is 37.5 Å². The van der Waals surface area contributed by atoms with Gasteiger partial charge in [0.05, 0.1) is 5.57 Å². The molecule has 26 heavy (non-hydrogen) atoms. The van der Waals surface area contributed by atoms with Crippen molar-refractivity contribution in [3.63, 3.8) is 0 Å². The third kappa shape index (κ3) is 4.32. The van der Waals surface area contributed by atoms with E-state index in [-0.39, 0.29) is 18.4 Å². The third-order valence-electron chi connectivity index (χ3n) is 5.30. The number of carbonyl (C=O) groups is 2. The van der Waals surface area contributed by atoms with Crippen LogP contribution in [0.1, 0.15) is 69.8 Å². The minimum absolute atomic E-state index is 0.0490. The van der Waals surface area contributed by atoms with Gasteiger partial charge in [-0.05, 0) is 44.2 Å². The Morgan fingerprint density at radius 1 is 1.12 bits per heavy atom. The molecule has 0 spiro atoms. The first kappa shape index (κ1) is 18.6. The number of esters is 1. The number of nitrogens with one attached hydrogen (secondary N) is 1. The van der Waals surface area contributed by atoms with E-state index in [1.807, 2.05) is 0 Å². The van der Waals surface area contributed by atoms with Gasteiger partial charge < -0.3 is 10.1 Å². The molecule has 1 fully saturated rings. The van der Waals surface area contributed by atoms with Crippen LogP contribution in [-0.4, -0.2) is 18.0 Å². The number of ether oxygens (including phenoxy) is 1. The molecule has 0 saturated heterocycles. The fourth-order valence-electron chi connectivity index (χ4n) is 3.95. The normalized spacial score (nSPS) is 22.4. The number of hydrogen-bond acceptors (Lipinski definition) is 3. The quantitative estimate of drug-likeness (QED) is 0.816. The highest BCUT2D eigenvalue weighted by atomic mass is 19.1. The summed E-state index contributed by atoms with van der Waals surface area (Å²) >= 11 is 0. The van der Waals surface area contributed by atoms with Gasteiger partial charge in [-0.15, -0.1) is 0 Å². The summed E-state index contributed by atoms with van der Waals surface area (Å²) in [6.45, 7) is 1.68. The van der Waals surface area contributed by atoms with Crippen LogP contribution in [0.2, 0.25) is 0 Å². The molecule has 0 bridgehead atoms. The molecule has 1 aromatic carbocycles. The average molecular weight is 359 g/mol. The van der Waals surface area contributed by atoms with E-state index in [0.717, 1.165) is 25.7 Å². The van der Waals surface area contributed by atoms with E-state index in [0.29, 0.717) is 16.8 Å². The van der Waals surface area contributed by atoms with Gasteiger partial charge in [0, 0.05) is 18.0 Å². The highest BCUT2D eigenvalue weighted by molar-refractivity contribution is 5.95. The second-order valence-corrected chi connectivity index (χ2v) is 7.24. The standard InChI is InChI=1S/C21H26FNO3/c1-14-20(21(25)26-15-9-5-3-2-4-6-10-15)17(13-19(24)23-14)16-11-7-8-12-18(16)22/h7-8,11-12,15,17H,2-6,9-10,13H2,1H3,(H,23,24)/t17-/m1/s1. The summed E-state index contributed by atoms with van der Waals surface area (Å²) < 4.78 is 20.1. The maximum Gasteiger partial charge on any atom is 0.336 e. The summed E-state index contributed by atoms with van der Waals surface area (Å²) in [7, 11) is 0. The molecule has 2 aliphatic rings. The summed E-state index contributed by atoms with van der Waals surface area (Å²) in [5.74, 6) is -1.65. The van der Waals surface area contributed by atoms with Gasteiger partial charge in [0.2, 0.25) is 5.91 Å². The Morgan fingerprint density at radius 3 is 2.46 bits per heavy atom. The summed E-state index contributed by atoms with van der Waals surface area (Å²) in [6.07, 6.45) is 7.39. The first-order chi connectivity index (χ1) is 12.6. The molecule has 0 radical (unpaired) electrons. The lowest BCUT2D eigenvalue weighted by atomic mass is 9.84. The summed E-state index contributed by atoms with van der Waals surface area (Å²) in [4.78, 5) is 24.9. The second-order valence-electron chi connectivity index (χ2n) is 7.24. The van der Waals surface area contributed by atoms with Crippen molar-refractivity contribution in [2.45, 2.75) is 70.3 Å². The Bertz CT molecular complexity index is 705. The average Bonchev–Trinajstić information content (AvgIpc) is 2.56. The number of hydrogen-bond donors (Lipinski definition) is 1. The molecule has 1 aliphatic heterocycles. The molecule has 1 heterocycles. The van der Waals surface area contributed by atoms with Crippen LogP contribution in [0.4, 0.5) is 4.39 Å². The highest BCUT2D eigenvalue weighted by Gasteiger charge is 2.35. The van der Waals surface area contributed by atoms with Gasteiger partial charge in [-0.2, -0.15) is 0 Å². The number of amides is 1. The van der Waals surface area contributed by atoms with Gasteiger partial charge in [-0.25, -0.2) is 9.18 Å². The van der Waals surface area contributed by atoms with Crippen molar-refractivity contribution in [1.29, 1.82) is 0 Å². The van der Waals surface area contributed by atoms with Crippen molar-refractivity contribution < 1.29 is 18.7 Å². The van der Waals surface area contributed by atoms with E-state index in [2.05, 4.69) is 5.32 Å². The van der Waals surface area contributed by atoms with Crippen LogP contribution >= 0.6 is 0 Å². The molecule has 1 N–H and O–H groups in total. The first-order valence-corrected chi connectivity index (χ1v) is 9.52. The van der Waals surface area contributed by atoms with Crippen molar-refractivity contribution in [3.05, 3.63) is 46.9 Å². The Morgan fingerprint density at radius 2 is 1.77 bits per heavy atom. The van der Waals surface area contributed by atoms with E-state index in [1.54, 1.807) is 25.1 Å². The molecular weight excluding hydrogens is 333 g/mol. The highest BCUT2D eigenvalue weighted by Crippen LogP contribution is 2.35. The van der Waals surface area contributed by atoms with Gasteiger partial charge in [0.15, 0.2) is 0 Å². The molecule has 4 nitrogen and oxygen atoms in total.